The minimum absolute atomic E-state index is 0.0442. The minimum atomic E-state index is -4.81. The molecule has 9 heteroatoms. The molecule has 0 N–H and O–H groups in total. The molecule has 0 saturated carbocycles. The van der Waals surface area contributed by atoms with E-state index in [0.29, 0.717) is 33.5 Å². The molecular formula is C41H19F3N6. The summed E-state index contributed by atoms with van der Waals surface area (Å²) in [6.45, 7) is 7.80. The standard InChI is InChI=1S/C41H19F3N6/c1-48-33-10-6-9-32(41(42,43)44)40(33)29-20-39(50-35-12-5-3-8-28(35)31-18-25(22-46)14-16-37(31)50)38(19-26(29)23-47)49-34-11-4-2-7-27(34)30-17-24(21-45)13-15-36(30)49/h2-20H. The third-order valence-corrected chi connectivity index (χ3v) is 9.06. The first-order valence-corrected chi connectivity index (χ1v) is 15.3. The van der Waals surface area contributed by atoms with Crippen LogP contribution < -0.4 is 0 Å². The molecule has 0 unspecified atom stereocenters. The van der Waals surface area contributed by atoms with Gasteiger partial charge >= 0.3 is 6.18 Å². The molecule has 8 rings (SSSR count). The van der Waals surface area contributed by atoms with Crippen molar-refractivity contribution < 1.29 is 13.2 Å². The van der Waals surface area contributed by atoms with E-state index < -0.39 is 11.7 Å². The summed E-state index contributed by atoms with van der Waals surface area (Å²) in [5.74, 6) is 0. The molecule has 0 aliphatic heterocycles. The second-order valence-corrected chi connectivity index (χ2v) is 11.7. The molecule has 8 aromatic rings. The van der Waals surface area contributed by atoms with Crippen LogP contribution in [-0.4, -0.2) is 9.13 Å². The molecule has 0 spiro atoms. The largest absolute Gasteiger partial charge is 0.415 e. The maximum absolute atomic E-state index is 14.6. The zero-order chi connectivity index (χ0) is 34.7. The lowest BCUT2D eigenvalue weighted by Gasteiger charge is -2.21. The van der Waals surface area contributed by atoms with Crippen LogP contribution in [0.4, 0.5) is 18.9 Å². The third-order valence-electron chi connectivity index (χ3n) is 9.06. The smallest absolute Gasteiger partial charge is 0.307 e. The molecule has 0 atom stereocenters. The normalized spacial score (nSPS) is 11.4. The van der Waals surface area contributed by atoms with Crippen molar-refractivity contribution >= 4 is 49.3 Å². The van der Waals surface area contributed by atoms with Gasteiger partial charge in [-0.15, -0.1) is 0 Å². The van der Waals surface area contributed by atoms with Crippen LogP contribution in [0.5, 0.6) is 0 Å². The highest BCUT2D eigenvalue weighted by Crippen LogP contribution is 2.46. The number of halogens is 3. The van der Waals surface area contributed by atoms with Crippen LogP contribution in [0.1, 0.15) is 22.3 Å². The van der Waals surface area contributed by atoms with Gasteiger partial charge in [0.2, 0.25) is 0 Å². The lowest BCUT2D eigenvalue weighted by Crippen LogP contribution is -2.09. The van der Waals surface area contributed by atoms with E-state index in [1.165, 1.54) is 12.1 Å². The fourth-order valence-electron chi connectivity index (χ4n) is 6.99. The molecule has 234 valence electrons. The number of aromatic nitrogens is 2. The summed E-state index contributed by atoms with van der Waals surface area (Å²) >= 11 is 0. The van der Waals surface area contributed by atoms with Gasteiger partial charge in [-0.05, 0) is 66.2 Å². The minimum Gasteiger partial charge on any atom is -0.307 e. The number of fused-ring (bicyclic) bond motifs is 6. The maximum Gasteiger partial charge on any atom is 0.415 e. The fourth-order valence-corrected chi connectivity index (χ4v) is 6.99. The van der Waals surface area contributed by atoms with Gasteiger partial charge in [-0.1, -0.05) is 54.6 Å². The van der Waals surface area contributed by atoms with E-state index in [1.807, 2.05) is 63.7 Å². The Labute approximate surface area is 282 Å². The fraction of sp³-hybridized carbons (Fsp3) is 0.0244. The predicted molar refractivity (Wildman–Crippen MR) is 186 cm³/mol. The van der Waals surface area contributed by atoms with E-state index in [2.05, 4.69) is 23.1 Å². The number of para-hydroxylation sites is 2. The maximum atomic E-state index is 14.6. The second kappa shape index (κ2) is 11.1. The molecular weight excluding hydrogens is 633 g/mol. The van der Waals surface area contributed by atoms with E-state index in [4.69, 9.17) is 6.57 Å². The van der Waals surface area contributed by atoms with Crippen molar-refractivity contribution in [2.75, 3.05) is 0 Å². The number of nitrogens with zero attached hydrogens (tertiary/aromatic N) is 6. The number of alkyl halides is 3. The quantitative estimate of drug-likeness (QED) is 0.178. The summed E-state index contributed by atoms with van der Waals surface area (Å²) in [5.41, 5.74) is 2.95. The van der Waals surface area contributed by atoms with Crippen LogP contribution in [0.15, 0.2) is 115 Å². The monoisotopic (exact) mass is 652 g/mol. The van der Waals surface area contributed by atoms with Gasteiger partial charge in [-0.2, -0.15) is 29.0 Å². The van der Waals surface area contributed by atoms with Crippen molar-refractivity contribution in [3.05, 3.63) is 149 Å². The lowest BCUT2D eigenvalue weighted by molar-refractivity contribution is -0.137. The summed E-state index contributed by atoms with van der Waals surface area (Å²) in [6.07, 6.45) is -4.81. The number of hydrogen-bond donors (Lipinski definition) is 0. The highest BCUT2D eigenvalue weighted by molar-refractivity contribution is 6.12. The van der Waals surface area contributed by atoms with E-state index >= 15 is 0 Å². The Morgan fingerprint density at radius 1 is 0.560 bits per heavy atom. The Kier molecular flexibility index (Phi) is 6.69. The topological polar surface area (TPSA) is 85.6 Å². The van der Waals surface area contributed by atoms with Gasteiger partial charge in [0.1, 0.15) is 0 Å². The SMILES string of the molecule is [C-]#[N+]c1cccc(C(F)(F)F)c1-c1cc(-n2c3ccccc3c3cc(C#N)ccc32)c(-n2c3ccccc3c3cc(C#N)ccc32)cc1C#N. The molecule has 0 bridgehead atoms. The van der Waals surface area contributed by atoms with Crippen molar-refractivity contribution in [2.45, 2.75) is 6.18 Å². The van der Waals surface area contributed by atoms with Gasteiger partial charge in [-0.25, -0.2) is 4.85 Å². The third kappa shape index (κ3) is 4.40. The van der Waals surface area contributed by atoms with Crippen LogP contribution in [0.25, 0.3) is 71.0 Å². The van der Waals surface area contributed by atoms with Gasteiger partial charge in [-0.3, -0.25) is 0 Å². The van der Waals surface area contributed by atoms with Crippen LogP contribution in [0, 0.1) is 40.6 Å². The average molecular weight is 653 g/mol. The molecule has 50 heavy (non-hydrogen) atoms. The number of rotatable bonds is 3. The Morgan fingerprint density at radius 2 is 1.08 bits per heavy atom. The number of benzene rings is 6. The Balaban J connectivity index is 1.61. The first kappa shape index (κ1) is 30.0. The summed E-state index contributed by atoms with van der Waals surface area (Å²) in [5, 5.41) is 33.2. The van der Waals surface area contributed by atoms with E-state index in [9.17, 15) is 29.0 Å². The van der Waals surface area contributed by atoms with E-state index in [1.54, 1.807) is 42.5 Å². The van der Waals surface area contributed by atoms with Gasteiger partial charge in [0.15, 0.2) is 5.69 Å². The molecule has 6 nitrogen and oxygen atoms in total. The predicted octanol–water partition coefficient (Wildman–Crippen LogP) is 10.7. The van der Waals surface area contributed by atoms with Gasteiger partial charge in [0.25, 0.3) is 0 Å². The zero-order valence-corrected chi connectivity index (χ0v) is 25.8. The van der Waals surface area contributed by atoms with Crippen LogP contribution in [0.3, 0.4) is 0 Å². The average Bonchev–Trinajstić information content (AvgIpc) is 3.65. The first-order chi connectivity index (χ1) is 24.3. The first-order valence-electron chi connectivity index (χ1n) is 15.3. The molecule has 0 radical (unpaired) electrons. The van der Waals surface area contributed by atoms with Gasteiger partial charge in [0.05, 0.1) is 80.5 Å². The van der Waals surface area contributed by atoms with Crippen molar-refractivity contribution in [1.29, 1.82) is 15.8 Å². The summed E-state index contributed by atoms with van der Waals surface area (Å²) < 4.78 is 47.7. The molecule has 2 heterocycles. The van der Waals surface area contributed by atoms with Crippen molar-refractivity contribution in [3.8, 4) is 40.7 Å². The van der Waals surface area contributed by atoms with Crippen molar-refractivity contribution in [2.24, 2.45) is 0 Å². The molecule has 0 fully saturated rings. The highest BCUT2D eigenvalue weighted by atomic mass is 19.4. The highest BCUT2D eigenvalue weighted by Gasteiger charge is 2.36. The van der Waals surface area contributed by atoms with Crippen molar-refractivity contribution in [1.82, 2.24) is 9.13 Å². The molecule has 0 saturated heterocycles. The Bertz CT molecular complexity index is 2920. The molecule has 0 aliphatic carbocycles. The summed E-state index contributed by atoms with van der Waals surface area (Å²) in [7, 11) is 0. The Morgan fingerprint density at radius 3 is 1.58 bits per heavy atom. The van der Waals surface area contributed by atoms with E-state index in [0.717, 1.165) is 38.6 Å². The Hall–Kier alpha value is -7.33. The lowest BCUT2D eigenvalue weighted by atomic mass is 9.92. The molecule has 0 aliphatic rings. The molecule has 2 aromatic heterocycles. The van der Waals surface area contributed by atoms with Crippen LogP contribution in [-0.2, 0) is 6.18 Å². The number of nitriles is 3. The summed E-state index contributed by atoms with van der Waals surface area (Å²) in [4.78, 5) is 3.45. The van der Waals surface area contributed by atoms with Crippen molar-refractivity contribution in [3.63, 3.8) is 0 Å². The zero-order valence-electron chi connectivity index (χ0n) is 25.8. The second-order valence-electron chi connectivity index (χ2n) is 11.7. The molecule has 0 amide bonds. The number of hydrogen-bond acceptors (Lipinski definition) is 3. The van der Waals surface area contributed by atoms with E-state index in [-0.39, 0.29) is 22.4 Å². The van der Waals surface area contributed by atoms with Gasteiger partial charge in [0, 0.05) is 27.1 Å². The van der Waals surface area contributed by atoms with Crippen LogP contribution in [0.2, 0.25) is 0 Å². The van der Waals surface area contributed by atoms with Crippen LogP contribution >= 0.6 is 0 Å². The molecule has 6 aromatic carbocycles. The van der Waals surface area contributed by atoms with Gasteiger partial charge < -0.3 is 9.13 Å². The summed E-state index contributed by atoms with van der Waals surface area (Å²) in [6, 6.07) is 38.8.